The summed E-state index contributed by atoms with van der Waals surface area (Å²) in [5, 5.41) is 34.5. The number of nitrogens with one attached hydrogen (secondary N) is 1. The molecule has 5 rings (SSSR count). The van der Waals surface area contributed by atoms with E-state index in [0.717, 1.165) is 24.2 Å². The molecule has 0 bridgehead atoms. The van der Waals surface area contributed by atoms with E-state index in [1.165, 1.54) is 36.5 Å². The third-order valence-electron chi connectivity index (χ3n) is 6.00. The zero-order chi connectivity index (χ0) is 22.2. The molecule has 9 nitrogen and oxygen atoms in total. The van der Waals surface area contributed by atoms with Crippen LogP contribution in [0.3, 0.4) is 0 Å². The number of aliphatic hydroxyl groups excluding tert-OH is 3. The first-order valence-corrected chi connectivity index (χ1v) is 11.5. The summed E-state index contributed by atoms with van der Waals surface area (Å²) in [7, 11) is 0. The smallest absolute Gasteiger partial charge is 0.167 e. The maximum absolute atomic E-state index is 13.1. The van der Waals surface area contributed by atoms with Crippen molar-refractivity contribution >= 4 is 28.7 Å². The Morgan fingerprint density at radius 2 is 1.91 bits per heavy atom. The van der Waals surface area contributed by atoms with Crippen molar-refractivity contribution in [3.8, 4) is 0 Å². The molecular weight excluding hydrogens is 437 g/mol. The minimum Gasteiger partial charge on any atom is -0.391 e. The molecule has 1 aromatic carbocycles. The number of hydrogen-bond donors (Lipinski definition) is 4. The van der Waals surface area contributed by atoms with Gasteiger partial charge in [-0.15, -0.1) is 11.8 Å². The fourth-order valence-corrected chi connectivity index (χ4v) is 5.20. The predicted molar refractivity (Wildman–Crippen MR) is 116 cm³/mol. The minimum absolute atomic E-state index is 0.0961. The van der Waals surface area contributed by atoms with E-state index in [0.29, 0.717) is 22.7 Å². The summed E-state index contributed by atoms with van der Waals surface area (Å²) >= 11 is 1.41. The third-order valence-corrected chi connectivity index (χ3v) is 7.10. The molecule has 1 aliphatic heterocycles. The van der Waals surface area contributed by atoms with Crippen LogP contribution in [0.25, 0.3) is 11.2 Å². The van der Waals surface area contributed by atoms with Gasteiger partial charge in [0.15, 0.2) is 23.2 Å². The highest BCUT2D eigenvalue weighted by molar-refractivity contribution is 7.99. The van der Waals surface area contributed by atoms with E-state index < -0.39 is 30.6 Å². The SMILES string of the molecule is O[C@@H]1[C@H](O)[C@@H](CSc2ccc(F)cc2)O[C@@H]1n1cnc2c(N[C@@H]3CCC[C@H]3O)ncnc21. The average Bonchev–Trinajstić information content (AvgIpc) is 3.47. The summed E-state index contributed by atoms with van der Waals surface area (Å²) in [6.45, 7) is 0. The van der Waals surface area contributed by atoms with Crippen molar-refractivity contribution in [2.75, 3.05) is 11.1 Å². The van der Waals surface area contributed by atoms with E-state index in [-0.39, 0.29) is 11.9 Å². The minimum atomic E-state index is -1.17. The van der Waals surface area contributed by atoms with Crippen LogP contribution in [0.5, 0.6) is 0 Å². The van der Waals surface area contributed by atoms with Crippen LogP contribution < -0.4 is 5.32 Å². The van der Waals surface area contributed by atoms with Crippen LogP contribution >= 0.6 is 11.8 Å². The van der Waals surface area contributed by atoms with Gasteiger partial charge in [-0.25, -0.2) is 19.3 Å². The number of thioether (sulfide) groups is 1. The standard InChI is InChI=1S/C21H24FN5O4S/c22-11-4-6-12(7-5-11)32-8-15-17(29)18(30)21(31-15)27-10-25-16-19(23-9-24-20(16)27)26-13-2-1-3-14(13)28/h4-7,9-10,13-15,17-18,21,28-30H,1-3,8H2,(H,23,24,26)/t13-,14-,15-,17-,18-,21+/m1/s1. The Bertz CT molecular complexity index is 1080. The topological polar surface area (TPSA) is 126 Å². The summed E-state index contributed by atoms with van der Waals surface area (Å²) in [5.41, 5.74) is 0.958. The molecule has 1 aliphatic carbocycles. The van der Waals surface area contributed by atoms with Gasteiger partial charge in [0.1, 0.15) is 24.4 Å². The van der Waals surface area contributed by atoms with Gasteiger partial charge in [-0.05, 0) is 43.5 Å². The van der Waals surface area contributed by atoms with Crippen molar-refractivity contribution < 1.29 is 24.4 Å². The Balaban J connectivity index is 1.33. The van der Waals surface area contributed by atoms with E-state index in [2.05, 4.69) is 20.3 Å². The number of halogens is 1. The van der Waals surface area contributed by atoms with Gasteiger partial charge in [0, 0.05) is 10.6 Å². The lowest BCUT2D eigenvalue weighted by atomic mass is 10.1. The number of fused-ring (bicyclic) bond motifs is 1. The molecule has 0 unspecified atom stereocenters. The van der Waals surface area contributed by atoms with E-state index in [1.54, 1.807) is 16.7 Å². The van der Waals surface area contributed by atoms with Gasteiger partial charge in [-0.3, -0.25) is 4.57 Å². The second-order valence-corrected chi connectivity index (χ2v) is 9.20. The first-order valence-electron chi connectivity index (χ1n) is 10.5. The Hall–Kier alpha value is -2.31. The summed E-state index contributed by atoms with van der Waals surface area (Å²) in [6.07, 6.45) is 1.23. The first kappa shape index (κ1) is 21.5. The molecule has 2 fully saturated rings. The van der Waals surface area contributed by atoms with Crippen LogP contribution in [0.15, 0.2) is 41.8 Å². The van der Waals surface area contributed by atoms with Crippen LogP contribution in [-0.2, 0) is 4.74 Å². The van der Waals surface area contributed by atoms with Crippen molar-refractivity contribution in [2.45, 2.75) is 60.8 Å². The number of aliphatic hydroxyl groups is 3. The van der Waals surface area contributed by atoms with Gasteiger partial charge in [0.05, 0.1) is 24.6 Å². The number of ether oxygens (including phenoxy) is 1. The maximum atomic E-state index is 13.1. The lowest BCUT2D eigenvalue weighted by Gasteiger charge is -2.18. The van der Waals surface area contributed by atoms with Crippen molar-refractivity contribution in [3.63, 3.8) is 0 Å². The molecule has 1 saturated heterocycles. The average molecular weight is 462 g/mol. The van der Waals surface area contributed by atoms with Gasteiger partial charge in [0.25, 0.3) is 0 Å². The summed E-state index contributed by atoms with van der Waals surface area (Å²) < 4.78 is 20.7. The van der Waals surface area contributed by atoms with Crippen LogP contribution in [0, 0.1) is 5.82 Å². The zero-order valence-corrected chi connectivity index (χ0v) is 17.9. The first-order chi connectivity index (χ1) is 15.5. The predicted octanol–water partition coefficient (Wildman–Crippen LogP) is 1.70. The molecule has 2 aliphatic rings. The highest BCUT2D eigenvalue weighted by Gasteiger charge is 2.44. The summed E-state index contributed by atoms with van der Waals surface area (Å²) in [5.74, 6) is 0.581. The number of imidazole rings is 1. The monoisotopic (exact) mass is 461 g/mol. The number of rotatable bonds is 6. The van der Waals surface area contributed by atoms with Crippen molar-refractivity contribution in [1.82, 2.24) is 19.5 Å². The second-order valence-electron chi connectivity index (χ2n) is 8.11. The number of anilines is 1. The molecule has 32 heavy (non-hydrogen) atoms. The van der Waals surface area contributed by atoms with Crippen molar-refractivity contribution in [1.29, 1.82) is 0 Å². The lowest BCUT2D eigenvalue weighted by molar-refractivity contribution is -0.0289. The van der Waals surface area contributed by atoms with E-state index in [1.807, 2.05) is 0 Å². The number of hydrogen-bond acceptors (Lipinski definition) is 9. The van der Waals surface area contributed by atoms with Crippen LogP contribution in [0.2, 0.25) is 0 Å². The number of nitrogens with zero attached hydrogens (tertiary/aromatic N) is 4. The molecular formula is C21H24FN5O4S. The van der Waals surface area contributed by atoms with Gasteiger partial charge >= 0.3 is 0 Å². The molecule has 4 N–H and O–H groups in total. The van der Waals surface area contributed by atoms with E-state index in [4.69, 9.17) is 4.74 Å². The highest BCUT2D eigenvalue weighted by Crippen LogP contribution is 2.35. The van der Waals surface area contributed by atoms with E-state index >= 15 is 0 Å². The van der Waals surface area contributed by atoms with Crippen molar-refractivity contribution in [2.24, 2.45) is 0 Å². The normalized spacial score (nSPS) is 30.2. The Morgan fingerprint density at radius 3 is 2.66 bits per heavy atom. The second kappa shape index (κ2) is 8.91. The molecule has 3 heterocycles. The lowest BCUT2D eigenvalue weighted by Crippen LogP contribution is -2.32. The molecule has 11 heteroatoms. The fourth-order valence-electron chi connectivity index (χ4n) is 4.23. The van der Waals surface area contributed by atoms with Gasteiger partial charge in [0.2, 0.25) is 0 Å². The van der Waals surface area contributed by atoms with Gasteiger partial charge in [-0.1, -0.05) is 0 Å². The van der Waals surface area contributed by atoms with Crippen molar-refractivity contribution in [3.05, 3.63) is 42.7 Å². The summed E-state index contributed by atoms with van der Waals surface area (Å²) in [6, 6.07) is 5.97. The number of benzene rings is 1. The molecule has 2 aromatic heterocycles. The molecule has 1 saturated carbocycles. The molecule has 170 valence electrons. The fraction of sp³-hybridized carbons (Fsp3) is 0.476. The highest BCUT2D eigenvalue weighted by atomic mass is 32.2. The van der Waals surface area contributed by atoms with Gasteiger partial charge < -0.3 is 25.4 Å². The molecule has 3 aromatic rings. The van der Waals surface area contributed by atoms with E-state index in [9.17, 15) is 19.7 Å². The molecule has 0 radical (unpaired) electrons. The zero-order valence-electron chi connectivity index (χ0n) is 17.1. The Labute approximate surface area is 187 Å². The largest absolute Gasteiger partial charge is 0.391 e. The summed E-state index contributed by atoms with van der Waals surface area (Å²) in [4.78, 5) is 13.8. The Morgan fingerprint density at radius 1 is 1.09 bits per heavy atom. The van der Waals surface area contributed by atoms with Crippen LogP contribution in [-0.4, -0.2) is 71.0 Å². The van der Waals surface area contributed by atoms with Gasteiger partial charge in [-0.2, -0.15) is 0 Å². The van der Waals surface area contributed by atoms with Crippen LogP contribution in [0.1, 0.15) is 25.5 Å². The molecule has 0 spiro atoms. The Kier molecular flexibility index (Phi) is 5.99. The maximum Gasteiger partial charge on any atom is 0.167 e. The third kappa shape index (κ3) is 4.06. The molecule has 0 amide bonds. The quantitative estimate of drug-likeness (QED) is 0.406. The van der Waals surface area contributed by atoms with Crippen LogP contribution in [0.4, 0.5) is 10.2 Å². The molecule has 6 atom stereocenters. The number of aromatic nitrogens is 4.